The average molecular weight is 347 g/mol. The first-order valence-electron chi connectivity index (χ1n) is 6.85. The maximum absolute atomic E-state index is 12.8. The van der Waals surface area contributed by atoms with Gasteiger partial charge in [-0.05, 0) is 25.1 Å². The van der Waals surface area contributed by atoms with Crippen molar-refractivity contribution in [2.24, 2.45) is 0 Å². The predicted octanol–water partition coefficient (Wildman–Crippen LogP) is 3.49. The summed E-state index contributed by atoms with van der Waals surface area (Å²) in [5, 5.41) is 4.62. The first-order chi connectivity index (χ1) is 11.5. The third-order valence-electron chi connectivity index (χ3n) is 2.97. The smallest absolute Gasteiger partial charge is 0.280 e. The average Bonchev–Trinajstić information content (AvgIpc) is 3.03. The van der Waals surface area contributed by atoms with Gasteiger partial charge < -0.3 is 0 Å². The molecule has 0 atom stereocenters. The third kappa shape index (κ3) is 3.57. The quantitative estimate of drug-likeness (QED) is 0.781. The van der Waals surface area contributed by atoms with Crippen LogP contribution in [0.15, 0.2) is 35.8 Å². The largest absolute Gasteiger partial charge is 0.296 e. The van der Waals surface area contributed by atoms with E-state index in [1.807, 2.05) is 6.07 Å². The molecule has 0 aliphatic rings. The van der Waals surface area contributed by atoms with Crippen molar-refractivity contribution in [3.8, 4) is 11.4 Å². The Bertz CT molecular complexity index is 869. The molecule has 1 amide bonds. The zero-order valence-corrected chi connectivity index (χ0v) is 13.2. The number of pyridine rings is 1. The summed E-state index contributed by atoms with van der Waals surface area (Å²) in [4.78, 5) is 28.1. The number of nitrogens with one attached hydrogen (secondary N) is 1. The van der Waals surface area contributed by atoms with Gasteiger partial charge in [-0.15, -0.1) is 11.3 Å². The number of amides is 1. The van der Waals surface area contributed by atoms with E-state index in [1.54, 1.807) is 23.7 Å². The summed E-state index contributed by atoms with van der Waals surface area (Å²) in [5.74, 6) is -0.518. The van der Waals surface area contributed by atoms with E-state index in [2.05, 4.69) is 25.3 Å². The summed E-state index contributed by atoms with van der Waals surface area (Å²) in [6, 6.07) is 6.38. The number of aromatic nitrogens is 4. The van der Waals surface area contributed by atoms with Crippen molar-refractivity contribution in [1.82, 2.24) is 19.9 Å². The van der Waals surface area contributed by atoms with Crippen molar-refractivity contribution < 1.29 is 13.6 Å². The van der Waals surface area contributed by atoms with E-state index in [-0.39, 0.29) is 11.5 Å². The van der Waals surface area contributed by atoms with E-state index in [1.165, 1.54) is 18.3 Å². The molecule has 0 bridgehead atoms. The van der Waals surface area contributed by atoms with Crippen LogP contribution in [0, 0.1) is 6.92 Å². The van der Waals surface area contributed by atoms with Gasteiger partial charge >= 0.3 is 0 Å². The Kier molecular flexibility index (Phi) is 4.52. The molecule has 0 spiro atoms. The van der Waals surface area contributed by atoms with Gasteiger partial charge in [-0.1, -0.05) is 6.07 Å². The lowest BCUT2D eigenvalue weighted by Crippen LogP contribution is -2.15. The number of anilines is 1. The number of carbonyl (C=O) groups excluding carboxylic acids is 1. The highest BCUT2D eigenvalue weighted by Gasteiger charge is 2.17. The van der Waals surface area contributed by atoms with Crippen LogP contribution in [0.2, 0.25) is 0 Å². The predicted molar refractivity (Wildman–Crippen MR) is 85.0 cm³/mol. The minimum absolute atomic E-state index is 0.103. The summed E-state index contributed by atoms with van der Waals surface area (Å²) < 4.78 is 25.5. The highest BCUT2D eigenvalue weighted by Crippen LogP contribution is 2.24. The van der Waals surface area contributed by atoms with Crippen LogP contribution in [0.3, 0.4) is 0 Å². The molecule has 0 radical (unpaired) electrons. The minimum Gasteiger partial charge on any atom is -0.296 e. The molecule has 0 saturated heterocycles. The number of carbonyl (C=O) groups is 1. The van der Waals surface area contributed by atoms with Crippen LogP contribution in [0.25, 0.3) is 11.4 Å². The molecule has 0 aromatic carbocycles. The molecule has 3 rings (SSSR count). The van der Waals surface area contributed by atoms with Crippen molar-refractivity contribution in [1.29, 1.82) is 0 Å². The van der Waals surface area contributed by atoms with Gasteiger partial charge in [-0.3, -0.25) is 15.1 Å². The molecule has 3 aromatic rings. The van der Waals surface area contributed by atoms with Crippen molar-refractivity contribution in [2.45, 2.75) is 13.3 Å². The van der Waals surface area contributed by atoms with Gasteiger partial charge in [0.05, 0.1) is 5.69 Å². The fourth-order valence-electron chi connectivity index (χ4n) is 1.94. The third-order valence-corrected chi connectivity index (χ3v) is 3.72. The number of alkyl halides is 2. The summed E-state index contributed by atoms with van der Waals surface area (Å²) in [6.07, 6.45) is -1.13. The number of thiazole rings is 1. The summed E-state index contributed by atoms with van der Waals surface area (Å²) >= 11 is 1.21. The Morgan fingerprint density at radius 1 is 1.21 bits per heavy atom. The van der Waals surface area contributed by atoms with Crippen LogP contribution in [0.4, 0.5) is 13.9 Å². The molecule has 122 valence electrons. The number of hydrogen-bond acceptors (Lipinski definition) is 6. The van der Waals surface area contributed by atoms with Crippen molar-refractivity contribution >= 4 is 22.4 Å². The minimum atomic E-state index is -2.77. The molecule has 0 fully saturated rings. The van der Waals surface area contributed by atoms with E-state index < -0.39 is 18.0 Å². The van der Waals surface area contributed by atoms with Crippen molar-refractivity contribution in [3.05, 3.63) is 53.1 Å². The highest BCUT2D eigenvalue weighted by molar-refractivity contribution is 7.14. The van der Waals surface area contributed by atoms with E-state index in [9.17, 15) is 13.6 Å². The fraction of sp³-hybridized carbons (Fsp3) is 0.133. The lowest BCUT2D eigenvalue weighted by Gasteiger charge is -2.05. The molecule has 9 heteroatoms. The van der Waals surface area contributed by atoms with Crippen LogP contribution >= 0.6 is 11.3 Å². The second-order valence-corrected chi connectivity index (χ2v) is 5.59. The molecule has 1 N–H and O–H groups in total. The Balaban J connectivity index is 1.80. The van der Waals surface area contributed by atoms with Gasteiger partial charge in [-0.25, -0.2) is 23.7 Å². The number of hydrogen-bond donors (Lipinski definition) is 1. The second kappa shape index (κ2) is 6.75. The van der Waals surface area contributed by atoms with Crippen molar-refractivity contribution in [3.63, 3.8) is 0 Å². The SMILES string of the molecule is Cc1nc(C(=O)Nc2nc(-c3ccccn3)cs2)cc(C(F)F)n1. The van der Waals surface area contributed by atoms with Gasteiger partial charge in [0.1, 0.15) is 22.9 Å². The van der Waals surface area contributed by atoms with Crippen LogP contribution in [-0.2, 0) is 0 Å². The fourth-order valence-corrected chi connectivity index (χ4v) is 2.64. The Hall–Kier alpha value is -2.81. The number of halogens is 2. The van der Waals surface area contributed by atoms with E-state index in [0.717, 1.165) is 6.07 Å². The molecule has 0 saturated carbocycles. The Labute approximate surface area is 139 Å². The zero-order chi connectivity index (χ0) is 17.1. The topological polar surface area (TPSA) is 80.7 Å². The number of rotatable bonds is 4. The molecular weight excluding hydrogens is 336 g/mol. The summed E-state index contributed by atoms with van der Waals surface area (Å²) in [5.41, 5.74) is 0.670. The Morgan fingerprint density at radius 3 is 2.75 bits per heavy atom. The summed E-state index contributed by atoms with van der Waals surface area (Å²) in [7, 11) is 0. The number of nitrogens with zero attached hydrogens (tertiary/aromatic N) is 4. The molecule has 3 heterocycles. The zero-order valence-electron chi connectivity index (χ0n) is 12.4. The van der Waals surface area contributed by atoms with E-state index >= 15 is 0 Å². The monoisotopic (exact) mass is 347 g/mol. The molecule has 24 heavy (non-hydrogen) atoms. The molecule has 0 aliphatic carbocycles. The molecule has 6 nitrogen and oxygen atoms in total. The molecule has 0 aliphatic heterocycles. The van der Waals surface area contributed by atoms with Crippen LogP contribution < -0.4 is 5.32 Å². The molecule has 0 unspecified atom stereocenters. The normalized spacial score (nSPS) is 10.8. The van der Waals surface area contributed by atoms with Crippen LogP contribution in [0.1, 0.15) is 28.4 Å². The molecular formula is C15H11F2N5OS. The van der Waals surface area contributed by atoms with E-state index in [4.69, 9.17) is 0 Å². The van der Waals surface area contributed by atoms with Gasteiger partial charge in [0.2, 0.25) is 0 Å². The molecule has 3 aromatic heterocycles. The first-order valence-corrected chi connectivity index (χ1v) is 7.73. The van der Waals surface area contributed by atoms with Gasteiger partial charge in [0.25, 0.3) is 12.3 Å². The van der Waals surface area contributed by atoms with Crippen molar-refractivity contribution in [2.75, 3.05) is 5.32 Å². The highest BCUT2D eigenvalue weighted by atomic mass is 32.1. The van der Waals surface area contributed by atoms with Gasteiger partial charge in [-0.2, -0.15) is 0 Å². The second-order valence-electron chi connectivity index (χ2n) is 4.73. The van der Waals surface area contributed by atoms with Crippen LogP contribution in [0.5, 0.6) is 0 Å². The van der Waals surface area contributed by atoms with Crippen LogP contribution in [-0.4, -0.2) is 25.8 Å². The number of aryl methyl sites for hydroxylation is 1. The maximum atomic E-state index is 12.8. The Morgan fingerprint density at radius 2 is 2.04 bits per heavy atom. The van der Waals surface area contributed by atoms with E-state index in [0.29, 0.717) is 16.5 Å². The standard InChI is InChI=1S/C15H11F2N5OS/c1-8-19-10(13(16)17)6-11(20-8)14(23)22-15-21-12(7-24-15)9-4-2-3-5-18-9/h2-7,13H,1H3,(H,21,22,23). The van der Waals surface area contributed by atoms with Gasteiger partial charge in [0, 0.05) is 11.6 Å². The first kappa shape index (κ1) is 16.1. The lowest BCUT2D eigenvalue weighted by atomic mass is 10.3. The maximum Gasteiger partial charge on any atom is 0.280 e. The summed E-state index contributed by atoms with van der Waals surface area (Å²) in [6.45, 7) is 1.45. The van der Waals surface area contributed by atoms with Gasteiger partial charge in [0.15, 0.2) is 5.13 Å². The lowest BCUT2D eigenvalue weighted by molar-refractivity contribution is 0.102.